The Morgan fingerprint density at radius 3 is 3.00 bits per heavy atom. The molecule has 0 amide bonds. The normalized spacial score (nSPS) is 11.2. The standard InChI is InChI=1S/C15H9N3O2/c19-15-11(8-10-4-3-6-16-14(10)20-15)12-9-18-7-2-1-5-13(18)17-12/h1-9H. The zero-order valence-corrected chi connectivity index (χ0v) is 10.4. The molecule has 4 aromatic heterocycles. The maximum atomic E-state index is 12.1. The topological polar surface area (TPSA) is 60.4 Å². The first-order valence-electron chi connectivity index (χ1n) is 6.14. The van der Waals surface area contributed by atoms with E-state index in [1.807, 2.05) is 41.1 Å². The second-order valence-electron chi connectivity index (χ2n) is 4.44. The molecule has 0 bridgehead atoms. The van der Waals surface area contributed by atoms with E-state index in [2.05, 4.69) is 9.97 Å². The summed E-state index contributed by atoms with van der Waals surface area (Å²) in [6, 6.07) is 11.1. The fraction of sp³-hybridized carbons (Fsp3) is 0. The second kappa shape index (κ2) is 4.03. The molecule has 4 aromatic rings. The van der Waals surface area contributed by atoms with E-state index < -0.39 is 5.63 Å². The highest BCUT2D eigenvalue weighted by Crippen LogP contribution is 2.19. The molecule has 0 saturated heterocycles. The Balaban J connectivity index is 2.01. The summed E-state index contributed by atoms with van der Waals surface area (Å²) in [6.07, 6.45) is 5.29. The van der Waals surface area contributed by atoms with Crippen molar-refractivity contribution in [3.63, 3.8) is 0 Å². The molecule has 4 heterocycles. The maximum Gasteiger partial charge on any atom is 0.347 e. The molecule has 0 saturated carbocycles. The molecule has 0 aliphatic carbocycles. The van der Waals surface area contributed by atoms with Crippen LogP contribution in [0.1, 0.15) is 0 Å². The predicted octanol–water partition coefficient (Wildman–Crippen LogP) is 2.50. The van der Waals surface area contributed by atoms with E-state index in [0.717, 1.165) is 11.0 Å². The summed E-state index contributed by atoms with van der Waals surface area (Å²) in [5, 5.41) is 0.777. The zero-order chi connectivity index (χ0) is 13.5. The second-order valence-corrected chi connectivity index (χ2v) is 4.44. The van der Waals surface area contributed by atoms with Gasteiger partial charge in [-0.2, -0.15) is 0 Å². The van der Waals surface area contributed by atoms with Crippen molar-refractivity contribution in [1.82, 2.24) is 14.4 Å². The Kier molecular flexibility index (Phi) is 2.20. The van der Waals surface area contributed by atoms with Gasteiger partial charge in [0.2, 0.25) is 5.71 Å². The van der Waals surface area contributed by atoms with Crippen LogP contribution in [0.2, 0.25) is 0 Å². The van der Waals surface area contributed by atoms with Gasteiger partial charge in [0.25, 0.3) is 0 Å². The summed E-state index contributed by atoms with van der Waals surface area (Å²) in [6.45, 7) is 0. The van der Waals surface area contributed by atoms with Crippen molar-refractivity contribution in [2.24, 2.45) is 0 Å². The van der Waals surface area contributed by atoms with Gasteiger partial charge in [0.05, 0.1) is 11.3 Å². The monoisotopic (exact) mass is 263 g/mol. The van der Waals surface area contributed by atoms with Gasteiger partial charge in [0.1, 0.15) is 5.65 Å². The number of imidazole rings is 1. The Bertz CT molecular complexity index is 952. The van der Waals surface area contributed by atoms with E-state index in [1.165, 1.54) is 0 Å². The van der Waals surface area contributed by atoms with Gasteiger partial charge in [-0.15, -0.1) is 0 Å². The van der Waals surface area contributed by atoms with Crippen molar-refractivity contribution < 1.29 is 4.42 Å². The number of aromatic nitrogens is 3. The Hall–Kier alpha value is -2.95. The molecular formula is C15H9N3O2. The number of pyridine rings is 2. The molecular weight excluding hydrogens is 254 g/mol. The number of hydrogen-bond acceptors (Lipinski definition) is 4. The van der Waals surface area contributed by atoms with Crippen molar-refractivity contribution in [3.8, 4) is 11.3 Å². The fourth-order valence-corrected chi connectivity index (χ4v) is 2.20. The van der Waals surface area contributed by atoms with Crippen LogP contribution < -0.4 is 5.63 Å². The van der Waals surface area contributed by atoms with Crippen molar-refractivity contribution in [2.75, 3.05) is 0 Å². The lowest BCUT2D eigenvalue weighted by Crippen LogP contribution is -2.03. The summed E-state index contributed by atoms with van der Waals surface area (Å²) in [5.41, 5.74) is 1.72. The lowest BCUT2D eigenvalue weighted by molar-refractivity contribution is 0.552. The molecule has 0 aromatic carbocycles. The average molecular weight is 263 g/mol. The van der Waals surface area contributed by atoms with E-state index >= 15 is 0 Å². The highest BCUT2D eigenvalue weighted by Gasteiger charge is 2.11. The Morgan fingerprint density at radius 2 is 2.10 bits per heavy atom. The van der Waals surface area contributed by atoms with Crippen molar-refractivity contribution in [3.05, 3.63) is 65.4 Å². The van der Waals surface area contributed by atoms with E-state index in [4.69, 9.17) is 4.42 Å². The SMILES string of the molecule is O=c1oc2ncccc2cc1-c1cn2ccccc2n1. The third-order valence-electron chi connectivity index (χ3n) is 3.15. The minimum atomic E-state index is -0.431. The van der Waals surface area contributed by atoms with Gasteiger partial charge < -0.3 is 8.82 Å². The number of rotatable bonds is 1. The molecule has 96 valence electrons. The van der Waals surface area contributed by atoms with Crippen LogP contribution in [0, 0.1) is 0 Å². The fourth-order valence-electron chi connectivity index (χ4n) is 2.20. The molecule has 0 atom stereocenters. The van der Waals surface area contributed by atoms with Crippen LogP contribution in [0.25, 0.3) is 28.0 Å². The quantitative estimate of drug-likeness (QED) is 0.529. The minimum Gasteiger partial charge on any atom is -0.403 e. The van der Waals surface area contributed by atoms with Gasteiger partial charge in [0.15, 0.2) is 0 Å². The third-order valence-corrected chi connectivity index (χ3v) is 3.15. The van der Waals surface area contributed by atoms with Crippen LogP contribution in [-0.2, 0) is 0 Å². The lowest BCUT2D eigenvalue weighted by atomic mass is 10.2. The van der Waals surface area contributed by atoms with Crippen LogP contribution >= 0.6 is 0 Å². The van der Waals surface area contributed by atoms with Gasteiger partial charge in [-0.25, -0.2) is 14.8 Å². The largest absolute Gasteiger partial charge is 0.403 e. The maximum absolute atomic E-state index is 12.1. The summed E-state index contributed by atoms with van der Waals surface area (Å²) in [7, 11) is 0. The summed E-state index contributed by atoms with van der Waals surface area (Å²) < 4.78 is 7.09. The highest BCUT2D eigenvalue weighted by atomic mass is 16.4. The lowest BCUT2D eigenvalue weighted by Gasteiger charge is -1.97. The third kappa shape index (κ3) is 1.60. The van der Waals surface area contributed by atoms with Gasteiger partial charge in [-0.3, -0.25) is 0 Å². The number of hydrogen-bond donors (Lipinski definition) is 0. The Labute approximate surface area is 113 Å². The number of fused-ring (bicyclic) bond motifs is 2. The first-order chi connectivity index (χ1) is 9.81. The molecule has 5 heteroatoms. The molecule has 0 aliphatic heterocycles. The minimum absolute atomic E-state index is 0.338. The van der Waals surface area contributed by atoms with E-state index in [1.54, 1.807) is 18.3 Å². The van der Waals surface area contributed by atoms with E-state index in [0.29, 0.717) is 17.0 Å². The molecule has 0 radical (unpaired) electrons. The molecule has 0 N–H and O–H groups in total. The van der Waals surface area contributed by atoms with Gasteiger partial charge in [0, 0.05) is 24.0 Å². The van der Waals surface area contributed by atoms with Crippen molar-refractivity contribution in [1.29, 1.82) is 0 Å². The summed E-state index contributed by atoms with van der Waals surface area (Å²) in [5.74, 6) is 0. The highest BCUT2D eigenvalue weighted by molar-refractivity contribution is 5.78. The van der Waals surface area contributed by atoms with E-state index in [9.17, 15) is 4.79 Å². The first-order valence-corrected chi connectivity index (χ1v) is 6.14. The Morgan fingerprint density at radius 1 is 1.15 bits per heavy atom. The van der Waals surface area contributed by atoms with E-state index in [-0.39, 0.29) is 0 Å². The summed E-state index contributed by atoms with van der Waals surface area (Å²) >= 11 is 0. The smallest absolute Gasteiger partial charge is 0.347 e. The van der Waals surface area contributed by atoms with Crippen LogP contribution in [0.5, 0.6) is 0 Å². The van der Waals surface area contributed by atoms with Gasteiger partial charge >= 0.3 is 5.63 Å². The molecule has 0 spiro atoms. The molecule has 5 nitrogen and oxygen atoms in total. The molecule has 0 fully saturated rings. The molecule has 20 heavy (non-hydrogen) atoms. The molecule has 0 aliphatic rings. The van der Waals surface area contributed by atoms with Crippen molar-refractivity contribution >= 4 is 16.7 Å². The summed E-state index contributed by atoms with van der Waals surface area (Å²) in [4.78, 5) is 20.5. The van der Waals surface area contributed by atoms with Crippen LogP contribution in [-0.4, -0.2) is 14.4 Å². The molecule has 4 rings (SSSR count). The zero-order valence-electron chi connectivity index (χ0n) is 10.4. The molecule has 0 unspecified atom stereocenters. The van der Waals surface area contributed by atoms with Crippen LogP contribution in [0.3, 0.4) is 0 Å². The van der Waals surface area contributed by atoms with Gasteiger partial charge in [-0.1, -0.05) is 6.07 Å². The number of nitrogens with zero attached hydrogens (tertiary/aromatic N) is 3. The predicted molar refractivity (Wildman–Crippen MR) is 74.5 cm³/mol. The van der Waals surface area contributed by atoms with Gasteiger partial charge in [-0.05, 0) is 30.3 Å². The van der Waals surface area contributed by atoms with Crippen molar-refractivity contribution in [2.45, 2.75) is 0 Å². The van der Waals surface area contributed by atoms with Crippen LogP contribution in [0.15, 0.2) is 64.2 Å². The average Bonchev–Trinajstić information content (AvgIpc) is 2.90. The van der Waals surface area contributed by atoms with Crippen LogP contribution in [0.4, 0.5) is 0 Å². The first kappa shape index (κ1) is 10.9.